The molecule has 0 aliphatic carbocycles. The van der Waals surface area contributed by atoms with Crippen LogP contribution >= 0.6 is 28.1 Å². The first kappa shape index (κ1) is 6.96. The third-order valence-electron chi connectivity index (χ3n) is 1.08. The number of aromatic nitrogens is 1. The van der Waals surface area contributed by atoms with Crippen LogP contribution in [0.1, 0.15) is 0 Å². The van der Waals surface area contributed by atoms with Gasteiger partial charge in [0.1, 0.15) is 4.64 Å². The quantitative estimate of drug-likeness (QED) is 0.588. The van der Waals surface area contributed by atoms with Crippen LogP contribution in [0.4, 0.5) is 0 Å². The molecule has 0 amide bonds. The van der Waals surface area contributed by atoms with Crippen LogP contribution in [0.15, 0.2) is 22.8 Å². The molecule has 0 aliphatic heterocycles. The molecule has 48 valence electrons. The number of pyridine rings is 1. The van der Waals surface area contributed by atoms with E-state index in [4.69, 9.17) is 12.2 Å². The van der Waals surface area contributed by atoms with Gasteiger partial charge in [0.25, 0.3) is 0 Å². The van der Waals surface area contributed by atoms with Gasteiger partial charge in [-0.15, -0.1) is 0 Å². The van der Waals surface area contributed by atoms with Crippen molar-refractivity contribution in [3.63, 3.8) is 0 Å². The fourth-order valence-corrected chi connectivity index (χ4v) is 1.13. The van der Waals surface area contributed by atoms with Gasteiger partial charge in [-0.2, -0.15) is 0 Å². The van der Waals surface area contributed by atoms with Gasteiger partial charge in [0, 0.05) is 13.2 Å². The Labute approximate surface area is 67.5 Å². The zero-order valence-electron chi connectivity index (χ0n) is 4.97. The van der Waals surface area contributed by atoms with Crippen molar-refractivity contribution in [2.24, 2.45) is 7.05 Å². The molecule has 0 aliphatic rings. The maximum Gasteiger partial charge on any atom is 0.119 e. The highest BCUT2D eigenvalue weighted by Crippen LogP contribution is 2.09. The van der Waals surface area contributed by atoms with Crippen LogP contribution in [-0.4, -0.2) is 4.57 Å². The summed E-state index contributed by atoms with van der Waals surface area (Å²) in [5.41, 5.74) is 0. The summed E-state index contributed by atoms with van der Waals surface area (Å²) >= 11 is 8.33. The van der Waals surface area contributed by atoms with E-state index in [0.717, 1.165) is 9.11 Å². The van der Waals surface area contributed by atoms with Crippen molar-refractivity contribution in [1.29, 1.82) is 0 Å². The highest BCUT2D eigenvalue weighted by molar-refractivity contribution is 9.10. The molecular formula is C6H6BrNS. The smallest absolute Gasteiger partial charge is 0.119 e. The van der Waals surface area contributed by atoms with E-state index in [-0.39, 0.29) is 0 Å². The summed E-state index contributed by atoms with van der Waals surface area (Å²) in [6.07, 6.45) is 1.92. The Morgan fingerprint density at radius 3 is 2.78 bits per heavy atom. The minimum absolute atomic E-state index is 0.831. The lowest BCUT2D eigenvalue weighted by atomic mass is 10.5. The van der Waals surface area contributed by atoms with Gasteiger partial charge in [0.05, 0.1) is 4.47 Å². The molecule has 1 heterocycles. The van der Waals surface area contributed by atoms with Crippen LogP contribution < -0.4 is 0 Å². The fraction of sp³-hybridized carbons (Fsp3) is 0.167. The molecule has 1 nitrogen and oxygen atoms in total. The molecule has 0 saturated heterocycles. The van der Waals surface area contributed by atoms with Crippen LogP contribution in [0.2, 0.25) is 0 Å². The van der Waals surface area contributed by atoms with E-state index < -0.39 is 0 Å². The topological polar surface area (TPSA) is 4.93 Å². The molecule has 0 unspecified atom stereocenters. The lowest BCUT2D eigenvalue weighted by Crippen LogP contribution is -1.89. The number of hydrogen-bond acceptors (Lipinski definition) is 1. The molecule has 3 heteroatoms. The van der Waals surface area contributed by atoms with Gasteiger partial charge in [0.2, 0.25) is 0 Å². The largest absolute Gasteiger partial charge is 0.341 e. The van der Waals surface area contributed by atoms with Crippen molar-refractivity contribution in [2.45, 2.75) is 0 Å². The number of nitrogens with zero attached hydrogens (tertiary/aromatic N) is 1. The summed E-state index contributed by atoms with van der Waals surface area (Å²) in [7, 11) is 1.92. The highest BCUT2D eigenvalue weighted by atomic mass is 79.9. The van der Waals surface area contributed by atoms with Crippen molar-refractivity contribution in [2.75, 3.05) is 0 Å². The fourth-order valence-electron chi connectivity index (χ4n) is 0.564. The minimum atomic E-state index is 0.831. The van der Waals surface area contributed by atoms with Crippen molar-refractivity contribution in [3.8, 4) is 0 Å². The lowest BCUT2D eigenvalue weighted by Gasteiger charge is -1.96. The number of halogens is 1. The zero-order valence-corrected chi connectivity index (χ0v) is 7.37. The van der Waals surface area contributed by atoms with Crippen molar-refractivity contribution < 1.29 is 0 Å². The van der Waals surface area contributed by atoms with Crippen LogP contribution in [0.25, 0.3) is 0 Å². The molecule has 0 saturated carbocycles. The summed E-state index contributed by atoms with van der Waals surface area (Å²) in [6.45, 7) is 0. The minimum Gasteiger partial charge on any atom is -0.341 e. The first-order valence-corrected chi connectivity index (χ1v) is 3.73. The van der Waals surface area contributed by atoms with Crippen molar-refractivity contribution >= 4 is 28.1 Å². The first-order chi connectivity index (χ1) is 4.22. The lowest BCUT2D eigenvalue weighted by molar-refractivity contribution is 0.882. The Hall–Kier alpha value is -0.150. The first-order valence-electron chi connectivity index (χ1n) is 2.53. The summed E-state index contributed by atoms with van der Waals surface area (Å²) in [5.74, 6) is 0. The molecule has 0 fully saturated rings. The van der Waals surface area contributed by atoms with E-state index in [1.807, 2.05) is 29.9 Å². The molecular weight excluding hydrogens is 198 g/mol. The maximum absolute atomic E-state index is 5.01. The summed E-state index contributed by atoms with van der Waals surface area (Å²) in [4.78, 5) is 0. The molecule has 0 N–H and O–H groups in total. The summed E-state index contributed by atoms with van der Waals surface area (Å²) in [6, 6.07) is 3.88. The summed E-state index contributed by atoms with van der Waals surface area (Å²) < 4.78 is 3.69. The third kappa shape index (κ3) is 1.40. The highest BCUT2D eigenvalue weighted by Gasteiger charge is 1.87. The van der Waals surface area contributed by atoms with Crippen LogP contribution in [0, 0.1) is 4.64 Å². The molecule has 0 atom stereocenters. The molecule has 1 rings (SSSR count). The van der Waals surface area contributed by atoms with Crippen LogP contribution in [-0.2, 0) is 7.05 Å². The average molecular weight is 204 g/mol. The van der Waals surface area contributed by atoms with Crippen molar-refractivity contribution in [1.82, 2.24) is 4.57 Å². The normalized spacial score (nSPS) is 9.56. The second-order valence-corrected chi connectivity index (χ2v) is 3.01. The van der Waals surface area contributed by atoms with Gasteiger partial charge in [0.15, 0.2) is 0 Å². The van der Waals surface area contributed by atoms with E-state index in [9.17, 15) is 0 Å². The Morgan fingerprint density at radius 2 is 2.33 bits per heavy atom. The Morgan fingerprint density at radius 1 is 1.67 bits per heavy atom. The van der Waals surface area contributed by atoms with Gasteiger partial charge in [-0.3, -0.25) is 0 Å². The summed E-state index contributed by atoms with van der Waals surface area (Å²) in [5, 5.41) is 0. The van der Waals surface area contributed by atoms with Gasteiger partial charge in [-0.1, -0.05) is 12.2 Å². The molecule has 9 heavy (non-hydrogen) atoms. The molecule has 0 spiro atoms. The van der Waals surface area contributed by atoms with E-state index in [0.29, 0.717) is 0 Å². The predicted octanol–water partition coefficient (Wildman–Crippen LogP) is 2.52. The van der Waals surface area contributed by atoms with E-state index in [1.165, 1.54) is 0 Å². The van der Waals surface area contributed by atoms with Crippen LogP contribution in [0.3, 0.4) is 0 Å². The molecule has 0 bridgehead atoms. The standard InChI is InChI=1S/C6H6BrNS/c1-8-4-2-3-5(7)6(8)9/h2-4H,1H3. The Bertz CT molecular complexity index is 243. The molecule has 0 aromatic carbocycles. The number of hydrogen-bond donors (Lipinski definition) is 0. The maximum atomic E-state index is 5.01. The van der Waals surface area contributed by atoms with E-state index >= 15 is 0 Å². The average Bonchev–Trinajstić information content (AvgIpc) is 1.83. The Kier molecular flexibility index (Phi) is 2.03. The van der Waals surface area contributed by atoms with E-state index in [2.05, 4.69) is 15.9 Å². The van der Waals surface area contributed by atoms with Gasteiger partial charge < -0.3 is 4.57 Å². The number of rotatable bonds is 0. The number of aryl methyl sites for hydroxylation is 1. The van der Waals surface area contributed by atoms with Crippen molar-refractivity contribution in [3.05, 3.63) is 27.4 Å². The second kappa shape index (κ2) is 2.62. The SMILES string of the molecule is Cn1cccc(Br)c1=S. The van der Waals surface area contributed by atoms with Gasteiger partial charge >= 0.3 is 0 Å². The third-order valence-corrected chi connectivity index (χ3v) is 2.49. The predicted molar refractivity (Wildman–Crippen MR) is 43.9 cm³/mol. The Balaban J connectivity index is 3.43. The van der Waals surface area contributed by atoms with Crippen LogP contribution in [0.5, 0.6) is 0 Å². The zero-order chi connectivity index (χ0) is 6.85. The van der Waals surface area contributed by atoms with Gasteiger partial charge in [-0.05, 0) is 28.1 Å². The monoisotopic (exact) mass is 203 g/mol. The van der Waals surface area contributed by atoms with E-state index in [1.54, 1.807) is 0 Å². The molecule has 1 aromatic rings. The molecule has 0 radical (unpaired) electrons. The molecule has 1 aromatic heterocycles. The van der Waals surface area contributed by atoms with Gasteiger partial charge in [-0.25, -0.2) is 0 Å². The second-order valence-electron chi connectivity index (χ2n) is 1.77.